The topological polar surface area (TPSA) is 77.4 Å². The molecule has 0 unspecified atom stereocenters. The summed E-state index contributed by atoms with van der Waals surface area (Å²) in [7, 11) is 1.56. The SMILES string of the molecule is COc1cc([C@H](C[N+](=O)[O-])c2c[nH]c3ccccc23)cc(Br)c1OCc1ccccc1. The van der Waals surface area contributed by atoms with Gasteiger partial charge in [-0.3, -0.25) is 10.1 Å². The van der Waals surface area contributed by atoms with Crippen LogP contribution in [0.15, 0.2) is 77.4 Å². The fourth-order valence-corrected chi connectivity index (χ4v) is 4.30. The molecule has 31 heavy (non-hydrogen) atoms. The summed E-state index contributed by atoms with van der Waals surface area (Å²) in [5, 5.41) is 12.5. The molecule has 0 aliphatic heterocycles. The van der Waals surface area contributed by atoms with Gasteiger partial charge in [0, 0.05) is 22.0 Å². The van der Waals surface area contributed by atoms with Crippen LogP contribution in [0.1, 0.15) is 22.6 Å². The molecule has 0 aliphatic rings. The van der Waals surface area contributed by atoms with Crippen LogP contribution in [0.3, 0.4) is 0 Å². The van der Waals surface area contributed by atoms with Gasteiger partial charge in [-0.05, 0) is 50.8 Å². The largest absolute Gasteiger partial charge is 0.493 e. The number of nitrogens with one attached hydrogen (secondary N) is 1. The number of para-hydroxylation sites is 1. The van der Waals surface area contributed by atoms with Crippen molar-refractivity contribution >= 4 is 26.8 Å². The lowest BCUT2D eigenvalue weighted by atomic mass is 9.90. The van der Waals surface area contributed by atoms with E-state index >= 15 is 0 Å². The van der Waals surface area contributed by atoms with Gasteiger partial charge in [0.1, 0.15) is 6.61 Å². The molecule has 1 aromatic heterocycles. The minimum absolute atomic E-state index is 0.234. The van der Waals surface area contributed by atoms with Crippen molar-refractivity contribution in [1.29, 1.82) is 0 Å². The van der Waals surface area contributed by atoms with E-state index in [1.807, 2.05) is 72.9 Å². The molecule has 4 aromatic rings. The number of H-pyrrole nitrogens is 1. The van der Waals surface area contributed by atoms with Crippen molar-refractivity contribution in [3.8, 4) is 11.5 Å². The molecule has 1 heterocycles. The van der Waals surface area contributed by atoms with E-state index in [9.17, 15) is 10.1 Å². The molecule has 0 amide bonds. The number of nitrogens with zero attached hydrogens (tertiary/aromatic N) is 1. The zero-order chi connectivity index (χ0) is 21.8. The number of nitro groups is 1. The predicted octanol–water partition coefficient (Wildman–Crippen LogP) is 5.93. The molecule has 6 nitrogen and oxygen atoms in total. The Kier molecular flexibility index (Phi) is 6.23. The van der Waals surface area contributed by atoms with Gasteiger partial charge in [0.25, 0.3) is 0 Å². The van der Waals surface area contributed by atoms with E-state index in [1.54, 1.807) is 7.11 Å². The fourth-order valence-electron chi connectivity index (χ4n) is 3.73. The lowest BCUT2D eigenvalue weighted by Crippen LogP contribution is -2.14. The first kappa shape index (κ1) is 20.9. The van der Waals surface area contributed by atoms with Crippen LogP contribution in [0.2, 0.25) is 0 Å². The van der Waals surface area contributed by atoms with Gasteiger partial charge < -0.3 is 14.5 Å². The summed E-state index contributed by atoms with van der Waals surface area (Å²) in [4.78, 5) is 14.4. The van der Waals surface area contributed by atoms with E-state index in [-0.39, 0.29) is 11.5 Å². The monoisotopic (exact) mass is 480 g/mol. The van der Waals surface area contributed by atoms with E-state index in [4.69, 9.17) is 9.47 Å². The number of benzene rings is 3. The third kappa shape index (κ3) is 4.56. The maximum absolute atomic E-state index is 11.5. The van der Waals surface area contributed by atoms with Gasteiger partial charge in [-0.2, -0.15) is 0 Å². The van der Waals surface area contributed by atoms with E-state index in [2.05, 4.69) is 20.9 Å². The number of methoxy groups -OCH3 is 1. The number of fused-ring (bicyclic) bond motifs is 1. The van der Waals surface area contributed by atoms with Gasteiger partial charge in [0.2, 0.25) is 6.54 Å². The Labute approximate surface area is 188 Å². The molecular formula is C24H21BrN2O4. The molecule has 1 atom stereocenters. The molecule has 0 aliphatic carbocycles. The van der Waals surface area contributed by atoms with Gasteiger partial charge in [0.15, 0.2) is 11.5 Å². The maximum atomic E-state index is 11.5. The molecule has 158 valence electrons. The number of hydrogen-bond donors (Lipinski definition) is 1. The molecule has 1 N–H and O–H groups in total. The minimum Gasteiger partial charge on any atom is -0.493 e. The lowest BCUT2D eigenvalue weighted by molar-refractivity contribution is -0.481. The molecule has 0 fully saturated rings. The molecular weight excluding hydrogens is 460 g/mol. The number of hydrogen-bond acceptors (Lipinski definition) is 4. The lowest BCUT2D eigenvalue weighted by Gasteiger charge is -2.18. The van der Waals surface area contributed by atoms with Gasteiger partial charge in [0.05, 0.1) is 17.5 Å². The van der Waals surface area contributed by atoms with Crippen LogP contribution < -0.4 is 9.47 Å². The number of halogens is 1. The molecule has 3 aromatic carbocycles. The Bertz CT molecular complexity index is 1210. The summed E-state index contributed by atoms with van der Waals surface area (Å²) < 4.78 is 12.3. The van der Waals surface area contributed by atoms with E-state index < -0.39 is 5.92 Å². The van der Waals surface area contributed by atoms with Crippen molar-refractivity contribution in [3.63, 3.8) is 0 Å². The van der Waals surface area contributed by atoms with E-state index in [0.29, 0.717) is 22.6 Å². The highest BCUT2D eigenvalue weighted by atomic mass is 79.9. The van der Waals surface area contributed by atoms with Crippen molar-refractivity contribution in [2.75, 3.05) is 13.7 Å². The summed E-state index contributed by atoms with van der Waals surface area (Å²) in [6, 6.07) is 21.3. The standard InChI is InChI=1S/C24H21BrN2O4/c1-30-23-12-17(11-21(25)24(23)31-15-16-7-3-2-4-8-16)20(14-27(28)29)19-13-26-22-10-6-5-9-18(19)22/h2-13,20,26H,14-15H2,1H3/t20-/m0/s1. The Hall–Kier alpha value is -3.32. The predicted molar refractivity (Wildman–Crippen MR) is 123 cm³/mol. The minimum atomic E-state index is -0.445. The third-order valence-electron chi connectivity index (χ3n) is 5.21. The second-order valence-corrected chi connectivity index (χ2v) is 8.02. The van der Waals surface area contributed by atoms with Crippen molar-refractivity contribution in [3.05, 3.63) is 104 Å². The zero-order valence-corrected chi connectivity index (χ0v) is 18.5. The van der Waals surface area contributed by atoms with Crippen LogP contribution in [0.4, 0.5) is 0 Å². The summed E-state index contributed by atoms with van der Waals surface area (Å²) in [5.74, 6) is 0.641. The molecule has 0 spiro atoms. The number of rotatable bonds is 8. The van der Waals surface area contributed by atoms with Crippen LogP contribution in [-0.2, 0) is 6.61 Å². The summed E-state index contributed by atoms with van der Waals surface area (Å²) in [6.45, 7) is 0.150. The highest BCUT2D eigenvalue weighted by molar-refractivity contribution is 9.10. The van der Waals surface area contributed by atoms with E-state index in [1.165, 1.54) is 0 Å². The number of ether oxygens (including phenoxy) is 2. The van der Waals surface area contributed by atoms with Crippen LogP contribution in [-0.4, -0.2) is 23.6 Å². The van der Waals surface area contributed by atoms with Crippen LogP contribution >= 0.6 is 15.9 Å². The normalized spacial score (nSPS) is 11.9. The quantitative estimate of drug-likeness (QED) is 0.250. The fraction of sp³-hybridized carbons (Fsp3) is 0.167. The smallest absolute Gasteiger partial charge is 0.214 e. The Morgan fingerprint density at radius 3 is 2.58 bits per heavy atom. The molecule has 7 heteroatoms. The number of aromatic nitrogens is 1. The van der Waals surface area contributed by atoms with Gasteiger partial charge in [-0.25, -0.2) is 0 Å². The van der Waals surface area contributed by atoms with Crippen LogP contribution in [0, 0.1) is 10.1 Å². The molecule has 0 bridgehead atoms. The first-order chi connectivity index (χ1) is 15.1. The van der Waals surface area contributed by atoms with Gasteiger partial charge in [-0.1, -0.05) is 48.5 Å². The van der Waals surface area contributed by atoms with Crippen LogP contribution in [0.5, 0.6) is 11.5 Å². The summed E-state index contributed by atoms with van der Waals surface area (Å²) in [6.07, 6.45) is 1.85. The average Bonchev–Trinajstić information content (AvgIpc) is 3.20. The Morgan fingerprint density at radius 1 is 1.10 bits per heavy atom. The Morgan fingerprint density at radius 2 is 1.84 bits per heavy atom. The summed E-state index contributed by atoms with van der Waals surface area (Å²) in [5.41, 5.74) is 3.63. The molecule has 0 saturated heterocycles. The molecule has 0 radical (unpaired) electrons. The van der Waals surface area contributed by atoms with Gasteiger partial charge >= 0.3 is 0 Å². The second-order valence-electron chi connectivity index (χ2n) is 7.17. The highest BCUT2D eigenvalue weighted by Gasteiger charge is 2.26. The first-order valence-corrected chi connectivity index (χ1v) is 10.6. The zero-order valence-electron chi connectivity index (χ0n) is 16.9. The third-order valence-corrected chi connectivity index (χ3v) is 5.80. The van der Waals surface area contributed by atoms with Crippen molar-refractivity contribution < 1.29 is 14.4 Å². The molecule has 0 saturated carbocycles. The highest BCUT2D eigenvalue weighted by Crippen LogP contribution is 2.41. The first-order valence-electron chi connectivity index (χ1n) is 9.78. The van der Waals surface area contributed by atoms with Gasteiger partial charge in [-0.15, -0.1) is 0 Å². The van der Waals surface area contributed by atoms with Crippen molar-refractivity contribution in [2.45, 2.75) is 12.5 Å². The average molecular weight is 481 g/mol. The molecule has 4 rings (SSSR count). The van der Waals surface area contributed by atoms with Crippen LogP contribution in [0.25, 0.3) is 10.9 Å². The van der Waals surface area contributed by atoms with Crippen molar-refractivity contribution in [1.82, 2.24) is 4.98 Å². The Balaban J connectivity index is 1.72. The maximum Gasteiger partial charge on any atom is 0.214 e. The van der Waals surface area contributed by atoms with Crippen molar-refractivity contribution in [2.24, 2.45) is 0 Å². The second kappa shape index (κ2) is 9.22. The summed E-state index contributed by atoms with van der Waals surface area (Å²) >= 11 is 3.58. The van der Waals surface area contributed by atoms with E-state index in [0.717, 1.165) is 27.6 Å². The number of aromatic amines is 1.